The minimum Gasteiger partial charge on any atom is -0.493 e. The van der Waals surface area contributed by atoms with E-state index in [2.05, 4.69) is 17.4 Å². The van der Waals surface area contributed by atoms with E-state index in [1.54, 1.807) is 14.2 Å². The molecule has 3 rings (SSSR count). The summed E-state index contributed by atoms with van der Waals surface area (Å²) in [5.74, 6) is 1.35. The highest BCUT2D eigenvalue weighted by Crippen LogP contribution is 2.33. The first-order chi connectivity index (χ1) is 13.2. The SMILES string of the molecule is COc1ccc(-c2nn(Cc3ccccc3)cc2CNCCO)cc1OC. The van der Waals surface area contributed by atoms with Crippen LogP contribution in [-0.2, 0) is 13.1 Å². The average molecular weight is 367 g/mol. The molecular weight excluding hydrogens is 342 g/mol. The molecule has 2 N–H and O–H groups in total. The van der Waals surface area contributed by atoms with Gasteiger partial charge in [-0.1, -0.05) is 30.3 Å². The van der Waals surface area contributed by atoms with Crippen LogP contribution in [-0.4, -0.2) is 42.3 Å². The van der Waals surface area contributed by atoms with E-state index in [4.69, 9.17) is 19.7 Å². The van der Waals surface area contributed by atoms with Crippen LogP contribution in [0.1, 0.15) is 11.1 Å². The third kappa shape index (κ3) is 4.67. The standard InChI is InChI=1S/C21H25N3O3/c1-26-19-9-8-17(12-20(19)27-2)21-18(13-22-10-11-25)15-24(23-21)14-16-6-4-3-5-7-16/h3-9,12,15,22,25H,10-11,13-14H2,1-2H3. The molecular formula is C21H25N3O3. The number of ether oxygens (including phenoxy) is 2. The van der Waals surface area contributed by atoms with Gasteiger partial charge in [-0.15, -0.1) is 0 Å². The van der Waals surface area contributed by atoms with Crippen LogP contribution in [0.4, 0.5) is 0 Å². The van der Waals surface area contributed by atoms with Crippen LogP contribution in [0.3, 0.4) is 0 Å². The van der Waals surface area contributed by atoms with Gasteiger partial charge >= 0.3 is 0 Å². The van der Waals surface area contributed by atoms with Crippen LogP contribution in [0.5, 0.6) is 11.5 Å². The number of nitrogens with zero attached hydrogens (tertiary/aromatic N) is 2. The highest BCUT2D eigenvalue weighted by atomic mass is 16.5. The molecule has 0 saturated heterocycles. The van der Waals surface area contributed by atoms with Crippen molar-refractivity contribution in [3.8, 4) is 22.8 Å². The molecule has 1 heterocycles. The molecule has 0 amide bonds. The zero-order chi connectivity index (χ0) is 19.1. The molecule has 0 aliphatic heterocycles. The number of aromatic nitrogens is 2. The second kappa shape index (κ2) is 9.21. The van der Waals surface area contributed by atoms with Gasteiger partial charge in [0, 0.05) is 30.4 Å². The maximum atomic E-state index is 9.04. The molecule has 2 aromatic carbocycles. The highest BCUT2D eigenvalue weighted by Gasteiger charge is 2.14. The summed E-state index contributed by atoms with van der Waals surface area (Å²) in [6.07, 6.45) is 2.05. The number of hydrogen-bond acceptors (Lipinski definition) is 5. The molecule has 0 saturated carbocycles. The van der Waals surface area contributed by atoms with Crippen molar-refractivity contribution in [3.63, 3.8) is 0 Å². The lowest BCUT2D eigenvalue weighted by molar-refractivity contribution is 0.292. The van der Waals surface area contributed by atoms with Crippen LogP contribution in [0.2, 0.25) is 0 Å². The Morgan fingerprint density at radius 2 is 1.81 bits per heavy atom. The fourth-order valence-corrected chi connectivity index (χ4v) is 2.97. The van der Waals surface area contributed by atoms with Crippen molar-refractivity contribution < 1.29 is 14.6 Å². The first-order valence-corrected chi connectivity index (χ1v) is 8.89. The number of hydrogen-bond donors (Lipinski definition) is 2. The van der Waals surface area contributed by atoms with E-state index in [1.807, 2.05) is 47.3 Å². The van der Waals surface area contributed by atoms with E-state index in [-0.39, 0.29) is 6.61 Å². The fraction of sp³-hybridized carbons (Fsp3) is 0.286. The second-order valence-corrected chi connectivity index (χ2v) is 6.16. The van der Waals surface area contributed by atoms with Crippen LogP contribution in [0.15, 0.2) is 54.7 Å². The van der Waals surface area contributed by atoms with Crippen molar-refractivity contribution in [1.29, 1.82) is 0 Å². The quantitative estimate of drug-likeness (QED) is 0.569. The summed E-state index contributed by atoms with van der Waals surface area (Å²) in [6, 6.07) is 16.0. The monoisotopic (exact) mass is 367 g/mol. The van der Waals surface area contributed by atoms with Crippen molar-refractivity contribution in [2.24, 2.45) is 0 Å². The smallest absolute Gasteiger partial charge is 0.161 e. The number of methoxy groups -OCH3 is 2. The summed E-state index contributed by atoms with van der Waals surface area (Å²) in [7, 11) is 3.25. The molecule has 0 radical (unpaired) electrons. The van der Waals surface area contributed by atoms with E-state index in [9.17, 15) is 0 Å². The second-order valence-electron chi connectivity index (χ2n) is 6.16. The molecule has 0 aliphatic rings. The minimum atomic E-state index is 0.101. The molecule has 1 aromatic heterocycles. The molecule has 27 heavy (non-hydrogen) atoms. The Morgan fingerprint density at radius 3 is 2.52 bits per heavy atom. The van der Waals surface area contributed by atoms with Gasteiger partial charge < -0.3 is 19.9 Å². The predicted octanol–water partition coefficient (Wildman–Crippen LogP) is 2.70. The van der Waals surface area contributed by atoms with Gasteiger partial charge in [0.2, 0.25) is 0 Å². The van der Waals surface area contributed by atoms with Crippen molar-refractivity contribution in [1.82, 2.24) is 15.1 Å². The first kappa shape index (κ1) is 18.9. The Morgan fingerprint density at radius 1 is 1.04 bits per heavy atom. The molecule has 0 bridgehead atoms. The summed E-state index contributed by atoms with van der Waals surface area (Å²) in [5.41, 5.74) is 4.10. The average Bonchev–Trinajstić information content (AvgIpc) is 3.11. The van der Waals surface area contributed by atoms with Gasteiger partial charge in [-0.2, -0.15) is 5.10 Å². The third-order valence-electron chi connectivity index (χ3n) is 4.29. The van der Waals surface area contributed by atoms with E-state index >= 15 is 0 Å². The minimum absolute atomic E-state index is 0.101. The van der Waals surface area contributed by atoms with Crippen LogP contribution < -0.4 is 14.8 Å². The van der Waals surface area contributed by atoms with Crippen LogP contribution in [0, 0.1) is 0 Å². The summed E-state index contributed by atoms with van der Waals surface area (Å²) in [5, 5.41) is 17.1. The largest absolute Gasteiger partial charge is 0.493 e. The Bertz CT molecular complexity index is 862. The molecule has 0 aliphatic carbocycles. The Balaban J connectivity index is 1.94. The Labute approximate surface area is 159 Å². The van der Waals surface area contributed by atoms with Crippen LogP contribution >= 0.6 is 0 Å². The van der Waals surface area contributed by atoms with Crippen molar-refractivity contribution in [2.75, 3.05) is 27.4 Å². The molecule has 0 spiro atoms. The van der Waals surface area contributed by atoms with Gasteiger partial charge in [0.05, 0.1) is 33.1 Å². The predicted molar refractivity (Wildman–Crippen MR) is 105 cm³/mol. The maximum absolute atomic E-state index is 9.04. The lowest BCUT2D eigenvalue weighted by Crippen LogP contribution is -2.17. The molecule has 142 valence electrons. The zero-order valence-electron chi connectivity index (χ0n) is 15.7. The number of aliphatic hydroxyl groups is 1. The molecule has 3 aromatic rings. The van der Waals surface area contributed by atoms with Gasteiger partial charge in [0.25, 0.3) is 0 Å². The van der Waals surface area contributed by atoms with Gasteiger partial charge in [-0.3, -0.25) is 4.68 Å². The van der Waals surface area contributed by atoms with E-state index in [1.165, 1.54) is 5.56 Å². The molecule has 0 atom stereocenters. The highest BCUT2D eigenvalue weighted by molar-refractivity contribution is 5.66. The van der Waals surface area contributed by atoms with E-state index in [0.717, 1.165) is 16.8 Å². The molecule has 0 unspecified atom stereocenters. The molecule has 6 heteroatoms. The Kier molecular flexibility index (Phi) is 6.46. The first-order valence-electron chi connectivity index (χ1n) is 8.89. The van der Waals surface area contributed by atoms with E-state index < -0.39 is 0 Å². The summed E-state index contributed by atoms with van der Waals surface area (Å²) >= 11 is 0. The van der Waals surface area contributed by atoms with Crippen LogP contribution in [0.25, 0.3) is 11.3 Å². The number of aliphatic hydroxyl groups excluding tert-OH is 1. The maximum Gasteiger partial charge on any atom is 0.161 e. The van der Waals surface area contributed by atoms with Gasteiger partial charge in [-0.25, -0.2) is 0 Å². The number of benzene rings is 2. The normalized spacial score (nSPS) is 10.8. The van der Waals surface area contributed by atoms with E-state index in [0.29, 0.717) is 31.1 Å². The number of rotatable bonds is 9. The lowest BCUT2D eigenvalue weighted by atomic mass is 10.1. The molecule has 0 fully saturated rings. The summed E-state index contributed by atoms with van der Waals surface area (Å²) in [4.78, 5) is 0. The van der Waals surface area contributed by atoms with Gasteiger partial charge in [0.1, 0.15) is 0 Å². The number of nitrogens with one attached hydrogen (secondary N) is 1. The summed E-state index contributed by atoms with van der Waals surface area (Å²) < 4.78 is 12.7. The van der Waals surface area contributed by atoms with Crippen molar-refractivity contribution in [3.05, 3.63) is 65.9 Å². The lowest BCUT2D eigenvalue weighted by Gasteiger charge is -2.09. The van der Waals surface area contributed by atoms with Crippen molar-refractivity contribution >= 4 is 0 Å². The van der Waals surface area contributed by atoms with Gasteiger partial charge in [-0.05, 0) is 23.8 Å². The Hall–Kier alpha value is -2.83. The van der Waals surface area contributed by atoms with Gasteiger partial charge in [0.15, 0.2) is 11.5 Å². The zero-order valence-corrected chi connectivity index (χ0v) is 15.7. The summed E-state index contributed by atoms with van der Waals surface area (Å²) in [6.45, 7) is 1.96. The third-order valence-corrected chi connectivity index (χ3v) is 4.29. The van der Waals surface area contributed by atoms with Crippen molar-refractivity contribution in [2.45, 2.75) is 13.1 Å². The molecule has 6 nitrogen and oxygen atoms in total. The fourth-order valence-electron chi connectivity index (χ4n) is 2.97. The topological polar surface area (TPSA) is 68.5 Å².